The first-order chi connectivity index (χ1) is 13.6. The SMILES string of the molecule is Cc1ccc(CN(C(=O)COc2ccccc2Cl)[C@@H](C)C(=O)NC(C)(C)C)cc1. The van der Waals surface area contributed by atoms with E-state index >= 15 is 0 Å². The van der Waals surface area contributed by atoms with Gasteiger partial charge >= 0.3 is 0 Å². The number of nitrogens with zero attached hydrogens (tertiary/aromatic N) is 1. The lowest BCUT2D eigenvalue weighted by molar-refractivity contribution is -0.142. The van der Waals surface area contributed by atoms with E-state index in [1.165, 1.54) is 4.90 Å². The van der Waals surface area contributed by atoms with Crippen molar-refractivity contribution in [2.45, 2.75) is 52.7 Å². The molecule has 29 heavy (non-hydrogen) atoms. The van der Waals surface area contributed by atoms with Gasteiger partial charge in [-0.3, -0.25) is 9.59 Å². The minimum Gasteiger partial charge on any atom is -0.482 e. The highest BCUT2D eigenvalue weighted by atomic mass is 35.5. The number of hydrogen-bond acceptors (Lipinski definition) is 3. The van der Waals surface area contributed by atoms with Crippen LogP contribution >= 0.6 is 11.6 Å². The highest BCUT2D eigenvalue weighted by Gasteiger charge is 2.28. The summed E-state index contributed by atoms with van der Waals surface area (Å²) in [6.45, 7) is 9.55. The molecule has 0 heterocycles. The molecule has 0 bridgehead atoms. The average Bonchev–Trinajstić information content (AvgIpc) is 2.64. The number of benzene rings is 2. The number of hydrogen-bond donors (Lipinski definition) is 1. The number of amides is 2. The maximum atomic E-state index is 13.0. The lowest BCUT2D eigenvalue weighted by atomic mass is 10.1. The van der Waals surface area contributed by atoms with Gasteiger partial charge in [-0.25, -0.2) is 0 Å². The van der Waals surface area contributed by atoms with Gasteiger partial charge in [0.05, 0.1) is 5.02 Å². The molecule has 6 heteroatoms. The highest BCUT2D eigenvalue weighted by molar-refractivity contribution is 6.32. The Morgan fingerprint density at radius 2 is 1.72 bits per heavy atom. The van der Waals surface area contributed by atoms with Crippen LogP contribution < -0.4 is 10.1 Å². The van der Waals surface area contributed by atoms with Gasteiger partial charge in [-0.1, -0.05) is 53.6 Å². The van der Waals surface area contributed by atoms with Gasteiger partial charge in [0.15, 0.2) is 6.61 Å². The molecular weight excluding hydrogens is 388 g/mol. The minimum atomic E-state index is -0.655. The first-order valence-electron chi connectivity index (χ1n) is 9.61. The predicted octanol–water partition coefficient (Wildman–Crippen LogP) is 4.36. The molecule has 0 aliphatic heterocycles. The topological polar surface area (TPSA) is 58.6 Å². The second-order valence-corrected chi connectivity index (χ2v) is 8.55. The molecule has 0 fully saturated rings. The second kappa shape index (κ2) is 9.79. The molecule has 0 saturated carbocycles. The Morgan fingerprint density at radius 1 is 1.10 bits per heavy atom. The molecule has 2 rings (SSSR count). The van der Waals surface area contributed by atoms with Crippen molar-refractivity contribution in [1.82, 2.24) is 10.2 Å². The van der Waals surface area contributed by atoms with E-state index in [-0.39, 0.29) is 18.4 Å². The summed E-state index contributed by atoms with van der Waals surface area (Å²) >= 11 is 6.10. The average molecular weight is 417 g/mol. The van der Waals surface area contributed by atoms with Gasteiger partial charge in [0.25, 0.3) is 5.91 Å². The van der Waals surface area contributed by atoms with Gasteiger partial charge in [0.2, 0.25) is 5.91 Å². The summed E-state index contributed by atoms with van der Waals surface area (Å²) < 4.78 is 5.61. The van der Waals surface area contributed by atoms with Crippen LogP contribution in [0.25, 0.3) is 0 Å². The molecule has 5 nitrogen and oxygen atoms in total. The zero-order valence-corrected chi connectivity index (χ0v) is 18.4. The van der Waals surface area contributed by atoms with Crippen molar-refractivity contribution in [2.75, 3.05) is 6.61 Å². The van der Waals surface area contributed by atoms with Crippen molar-refractivity contribution >= 4 is 23.4 Å². The van der Waals surface area contributed by atoms with Crippen LogP contribution in [0.5, 0.6) is 5.75 Å². The third kappa shape index (κ3) is 7.09. The maximum absolute atomic E-state index is 13.0. The van der Waals surface area contributed by atoms with E-state index in [4.69, 9.17) is 16.3 Å². The van der Waals surface area contributed by atoms with E-state index in [0.717, 1.165) is 11.1 Å². The van der Waals surface area contributed by atoms with Crippen molar-refractivity contribution in [3.8, 4) is 5.75 Å². The van der Waals surface area contributed by atoms with Crippen molar-refractivity contribution < 1.29 is 14.3 Å². The summed E-state index contributed by atoms with van der Waals surface area (Å²) in [6.07, 6.45) is 0. The zero-order chi connectivity index (χ0) is 21.6. The molecule has 1 N–H and O–H groups in total. The second-order valence-electron chi connectivity index (χ2n) is 8.14. The fourth-order valence-corrected chi connectivity index (χ4v) is 2.92. The first kappa shape index (κ1) is 22.8. The molecule has 2 aromatic carbocycles. The van der Waals surface area contributed by atoms with Gasteiger partial charge in [-0.05, 0) is 52.3 Å². The fourth-order valence-electron chi connectivity index (χ4n) is 2.73. The van der Waals surface area contributed by atoms with E-state index in [2.05, 4.69) is 5.32 Å². The molecular formula is C23H29ClN2O3. The molecule has 2 amide bonds. The lowest BCUT2D eigenvalue weighted by Gasteiger charge is -2.31. The van der Waals surface area contributed by atoms with Gasteiger partial charge < -0.3 is 15.0 Å². The number of halogens is 1. The molecule has 2 aromatic rings. The van der Waals surface area contributed by atoms with Crippen LogP contribution in [0.15, 0.2) is 48.5 Å². The van der Waals surface area contributed by atoms with Crippen LogP contribution in [0.3, 0.4) is 0 Å². The summed E-state index contributed by atoms with van der Waals surface area (Å²) in [5, 5.41) is 3.37. The van der Waals surface area contributed by atoms with Crippen LogP contribution in [-0.4, -0.2) is 34.9 Å². The predicted molar refractivity (Wildman–Crippen MR) is 116 cm³/mol. The normalized spacial score (nSPS) is 12.2. The van der Waals surface area contributed by atoms with E-state index in [1.54, 1.807) is 31.2 Å². The third-order valence-corrected chi connectivity index (χ3v) is 4.64. The van der Waals surface area contributed by atoms with Crippen LogP contribution in [0.1, 0.15) is 38.8 Å². The first-order valence-corrected chi connectivity index (χ1v) is 9.99. The summed E-state index contributed by atoms with van der Waals surface area (Å²) in [5.74, 6) is -0.0673. The van der Waals surface area contributed by atoms with Crippen molar-refractivity contribution in [3.63, 3.8) is 0 Å². The van der Waals surface area contributed by atoms with Crippen LogP contribution in [0, 0.1) is 6.92 Å². The minimum absolute atomic E-state index is 0.206. The summed E-state index contributed by atoms with van der Waals surface area (Å²) in [4.78, 5) is 27.2. The fraction of sp³-hybridized carbons (Fsp3) is 0.391. The monoisotopic (exact) mass is 416 g/mol. The Balaban J connectivity index is 2.18. The molecule has 0 radical (unpaired) electrons. The summed E-state index contributed by atoms with van der Waals surface area (Å²) in [7, 11) is 0. The highest BCUT2D eigenvalue weighted by Crippen LogP contribution is 2.23. The Bertz CT molecular complexity index is 844. The van der Waals surface area contributed by atoms with Gasteiger partial charge in [-0.2, -0.15) is 0 Å². The number of aryl methyl sites for hydroxylation is 1. The van der Waals surface area contributed by atoms with E-state index in [1.807, 2.05) is 52.0 Å². The van der Waals surface area contributed by atoms with Crippen molar-refractivity contribution in [2.24, 2.45) is 0 Å². The largest absolute Gasteiger partial charge is 0.482 e. The van der Waals surface area contributed by atoms with Crippen molar-refractivity contribution in [3.05, 3.63) is 64.7 Å². The van der Waals surface area contributed by atoms with Gasteiger partial charge in [0, 0.05) is 12.1 Å². The Morgan fingerprint density at radius 3 is 2.31 bits per heavy atom. The van der Waals surface area contributed by atoms with Gasteiger partial charge in [-0.15, -0.1) is 0 Å². The Kier molecular flexibility index (Phi) is 7.68. The van der Waals surface area contributed by atoms with Crippen LogP contribution in [-0.2, 0) is 16.1 Å². The Labute approximate surface area is 178 Å². The number of nitrogens with one attached hydrogen (secondary N) is 1. The standard InChI is InChI=1S/C23H29ClN2O3/c1-16-10-12-18(13-11-16)14-26(17(2)22(28)25-23(3,4)5)21(27)15-29-20-9-7-6-8-19(20)24/h6-13,17H,14-15H2,1-5H3,(H,25,28)/t17-/m0/s1. The van der Waals surface area contributed by atoms with Crippen molar-refractivity contribution in [1.29, 1.82) is 0 Å². The zero-order valence-electron chi connectivity index (χ0n) is 17.7. The summed E-state index contributed by atoms with van der Waals surface area (Å²) in [5.41, 5.74) is 1.68. The third-order valence-electron chi connectivity index (χ3n) is 4.33. The molecule has 1 atom stereocenters. The number of ether oxygens (including phenoxy) is 1. The van der Waals surface area contributed by atoms with E-state index in [0.29, 0.717) is 17.3 Å². The van der Waals surface area contributed by atoms with Crippen LogP contribution in [0.4, 0.5) is 0 Å². The number of carbonyl (C=O) groups excluding carboxylic acids is 2. The number of rotatable bonds is 7. The van der Waals surface area contributed by atoms with Crippen LogP contribution in [0.2, 0.25) is 5.02 Å². The molecule has 0 saturated heterocycles. The Hall–Kier alpha value is -2.53. The van der Waals surface area contributed by atoms with Gasteiger partial charge in [0.1, 0.15) is 11.8 Å². The van der Waals surface area contributed by atoms with E-state index < -0.39 is 11.6 Å². The molecule has 156 valence electrons. The number of para-hydroxylation sites is 1. The maximum Gasteiger partial charge on any atom is 0.261 e. The smallest absolute Gasteiger partial charge is 0.261 e. The molecule has 0 spiro atoms. The molecule has 0 aromatic heterocycles. The molecule has 0 aliphatic rings. The lowest BCUT2D eigenvalue weighted by Crippen LogP contribution is -2.53. The molecule has 0 unspecified atom stereocenters. The van der Waals surface area contributed by atoms with E-state index in [9.17, 15) is 9.59 Å². The summed E-state index contributed by atoms with van der Waals surface area (Å²) in [6, 6.07) is 14.2. The quantitative estimate of drug-likeness (QED) is 0.729. The molecule has 0 aliphatic carbocycles. The number of carbonyl (C=O) groups is 2.